The second-order valence-corrected chi connectivity index (χ2v) is 6.73. The molecule has 0 aromatic carbocycles. The van der Waals surface area contributed by atoms with Gasteiger partial charge < -0.3 is 19.9 Å². The molecule has 2 aliphatic heterocycles. The summed E-state index contributed by atoms with van der Waals surface area (Å²) >= 11 is 0. The average Bonchev–Trinajstić information content (AvgIpc) is 3.19. The van der Waals surface area contributed by atoms with E-state index in [4.69, 9.17) is 4.74 Å². The van der Waals surface area contributed by atoms with Gasteiger partial charge in [-0.3, -0.25) is 9.59 Å². The highest BCUT2D eigenvalue weighted by atomic mass is 16.5. The first-order valence-electron chi connectivity index (χ1n) is 8.97. The molecule has 4 rings (SSSR count). The van der Waals surface area contributed by atoms with Crippen molar-refractivity contribution in [3.05, 3.63) is 48.2 Å². The van der Waals surface area contributed by atoms with E-state index in [9.17, 15) is 9.59 Å². The lowest BCUT2D eigenvalue weighted by Crippen LogP contribution is -2.56. The summed E-state index contributed by atoms with van der Waals surface area (Å²) in [5.41, 5.74) is 2.19. The minimum Gasteiger partial charge on any atom is -0.469 e. The SMILES string of the molecule is CC(=O)C1C=C(c2nccnc2OC2CN(C(=O)c3ccc[nH]3)C2)CCN1. The maximum Gasteiger partial charge on any atom is 0.270 e. The minimum atomic E-state index is -0.304. The summed E-state index contributed by atoms with van der Waals surface area (Å²) in [6.07, 6.45) is 7.46. The van der Waals surface area contributed by atoms with Gasteiger partial charge in [-0.15, -0.1) is 0 Å². The van der Waals surface area contributed by atoms with Gasteiger partial charge in [0, 0.05) is 25.1 Å². The Morgan fingerprint density at radius 3 is 2.81 bits per heavy atom. The monoisotopic (exact) mass is 367 g/mol. The van der Waals surface area contributed by atoms with E-state index >= 15 is 0 Å². The van der Waals surface area contributed by atoms with Gasteiger partial charge in [0.05, 0.1) is 19.1 Å². The first-order chi connectivity index (χ1) is 13.1. The maximum atomic E-state index is 12.3. The lowest BCUT2D eigenvalue weighted by Gasteiger charge is -2.38. The number of amides is 1. The van der Waals surface area contributed by atoms with Crippen LogP contribution in [0, 0.1) is 0 Å². The van der Waals surface area contributed by atoms with E-state index in [-0.39, 0.29) is 23.8 Å². The molecule has 8 nitrogen and oxygen atoms in total. The van der Waals surface area contributed by atoms with Crippen LogP contribution in [-0.2, 0) is 4.79 Å². The molecule has 8 heteroatoms. The van der Waals surface area contributed by atoms with Crippen LogP contribution in [0.5, 0.6) is 5.88 Å². The fourth-order valence-electron chi connectivity index (χ4n) is 3.27. The first kappa shape index (κ1) is 17.4. The van der Waals surface area contributed by atoms with Crippen molar-refractivity contribution in [1.82, 2.24) is 25.2 Å². The number of H-pyrrole nitrogens is 1. The van der Waals surface area contributed by atoms with Crippen LogP contribution in [-0.4, -0.2) is 63.3 Å². The third kappa shape index (κ3) is 3.61. The number of nitrogens with zero attached hydrogens (tertiary/aromatic N) is 3. The van der Waals surface area contributed by atoms with Crippen molar-refractivity contribution in [2.45, 2.75) is 25.5 Å². The van der Waals surface area contributed by atoms with Crippen molar-refractivity contribution >= 4 is 17.3 Å². The number of carbonyl (C=O) groups excluding carboxylic acids is 2. The number of carbonyl (C=O) groups is 2. The number of ketones is 1. The molecule has 0 aliphatic carbocycles. The molecule has 0 bridgehead atoms. The van der Waals surface area contributed by atoms with Gasteiger partial charge in [-0.1, -0.05) is 6.08 Å². The van der Waals surface area contributed by atoms with E-state index < -0.39 is 0 Å². The number of aromatic nitrogens is 3. The Balaban J connectivity index is 1.44. The van der Waals surface area contributed by atoms with Crippen molar-refractivity contribution < 1.29 is 14.3 Å². The lowest BCUT2D eigenvalue weighted by molar-refractivity contribution is -0.117. The highest BCUT2D eigenvalue weighted by Crippen LogP contribution is 2.28. The molecule has 1 amide bonds. The van der Waals surface area contributed by atoms with E-state index in [1.165, 1.54) is 0 Å². The predicted molar refractivity (Wildman–Crippen MR) is 98.2 cm³/mol. The molecule has 4 heterocycles. The number of hydrogen-bond acceptors (Lipinski definition) is 6. The molecule has 0 saturated carbocycles. The topological polar surface area (TPSA) is 100 Å². The normalized spacial score (nSPS) is 20.0. The molecule has 1 unspecified atom stereocenters. The quantitative estimate of drug-likeness (QED) is 0.819. The van der Waals surface area contributed by atoms with Crippen molar-refractivity contribution in [2.75, 3.05) is 19.6 Å². The molecular formula is C19H21N5O3. The van der Waals surface area contributed by atoms with E-state index in [0.29, 0.717) is 36.9 Å². The van der Waals surface area contributed by atoms with Crippen LogP contribution in [0.3, 0.4) is 0 Å². The maximum absolute atomic E-state index is 12.3. The third-order valence-electron chi connectivity index (χ3n) is 4.78. The van der Waals surface area contributed by atoms with Crippen LogP contribution < -0.4 is 10.1 Å². The second kappa shape index (κ2) is 7.32. The molecule has 2 N–H and O–H groups in total. The van der Waals surface area contributed by atoms with Gasteiger partial charge in [-0.25, -0.2) is 9.97 Å². The van der Waals surface area contributed by atoms with E-state index in [2.05, 4.69) is 20.3 Å². The standard InChI is InChI=1S/C19H21N5O3/c1-12(25)16-9-13(4-6-21-16)17-18(23-8-7-22-17)27-14-10-24(11-14)19(26)15-3-2-5-20-15/h2-3,5,7-9,14,16,20-21H,4,6,10-11H2,1H3. The molecule has 140 valence electrons. The summed E-state index contributed by atoms with van der Waals surface area (Å²) in [6, 6.07) is 3.25. The van der Waals surface area contributed by atoms with Crippen LogP contribution in [0.4, 0.5) is 0 Å². The first-order valence-corrected chi connectivity index (χ1v) is 8.97. The predicted octanol–water partition coefficient (Wildman–Crippen LogP) is 1.04. The van der Waals surface area contributed by atoms with Crippen LogP contribution in [0.2, 0.25) is 0 Å². The summed E-state index contributed by atoms with van der Waals surface area (Å²) in [4.78, 5) is 37.3. The van der Waals surface area contributed by atoms with Gasteiger partial charge in [-0.05, 0) is 31.1 Å². The Morgan fingerprint density at radius 1 is 1.26 bits per heavy atom. The molecule has 0 radical (unpaired) electrons. The largest absolute Gasteiger partial charge is 0.469 e. The number of likely N-dealkylation sites (tertiary alicyclic amines) is 1. The van der Waals surface area contributed by atoms with Gasteiger partial charge in [0.1, 0.15) is 17.5 Å². The molecule has 2 aromatic heterocycles. The number of ether oxygens (including phenoxy) is 1. The van der Waals surface area contributed by atoms with Crippen molar-refractivity contribution in [3.63, 3.8) is 0 Å². The van der Waals surface area contributed by atoms with E-state index in [0.717, 1.165) is 12.0 Å². The van der Waals surface area contributed by atoms with Gasteiger partial charge in [0.2, 0.25) is 5.88 Å². The number of hydrogen-bond donors (Lipinski definition) is 2. The van der Waals surface area contributed by atoms with Crippen molar-refractivity contribution in [3.8, 4) is 5.88 Å². The van der Waals surface area contributed by atoms with Crippen LogP contribution in [0.25, 0.3) is 5.57 Å². The lowest BCUT2D eigenvalue weighted by atomic mass is 9.99. The Morgan fingerprint density at radius 2 is 2.07 bits per heavy atom. The van der Waals surface area contributed by atoms with E-state index in [1.54, 1.807) is 42.5 Å². The zero-order chi connectivity index (χ0) is 18.8. The number of nitrogens with one attached hydrogen (secondary N) is 2. The Bertz CT molecular complexity index is 871. The molecule has 2 aliphatic rings. The molecule has 0 spiro atoms. The zero-order valence-corrected chi connectivity index (χ0v) is 15.0. The summed E-state index contributed by atoms with van der Waals surface area (Å²) in [7, 11) is 0. The average molecular weight is 367 g/mol. The highest BCUT2D eigenvalue weighted by Gasteiger charge is 2.34. The Kier molecular flexibility index (Phi) is 4.72. The van der Waals surface area contributed by atoms with Gasteiger partial charge in [0.15, 0.2) is 5.78 Å². The highest BCUT2D eigenvalue weighted by molar-refractivity contribution is 5.93. The summed E-state index contributed by atoms with van der Waals surface area (Å²) in [5.74, 6) is 0.477. The Hall–Kier alpha value is -3.00. The van der Waals surface area contributed by atoms with Crippen LogP contribution in [0.15, 0.2) is 36.8 Å². The van der Waals surface area contributed by atoms with E-state index in [1.807, 2.05) is 6.08 Å². The third-order valence-corrected chi connectivity index (χ3v) is 4.78. The zero-order valence-electron chi connectivity index (χ0n) is 15.0. The number of Topliss-reactive ketones (excluding diaryl/α,β-unsaturated/α-hetero) is 1. The summed E-state index contributed by atoms with van der Waals surface area (Å²) < 4.78 is 6.00. The number of rotatable bonds is 5. The van der Waals surface area contributed by atoms with Gasteiger partial charge in [-0.2, -0.15) is 0 Å². The van der Waals surface area contributed by atoms with Crippen LogP contribution >= 0.6 is 0 Å². The number of aromatic amines is 1. The molecular weight excluding hydrogens is 346 g/mol. The fraction of sp³-hybridized carbons (Fsp3) is 0.368. The molecule has 27 heavy (non-hydrogen) atoms. The van der Waals surface area contributed by atoms with Crippen molar-refractivity contribution in [2.24, 2.45) is 0 Å². The van der Waals surface area contributed by atoms with Gasteiger partial charge >= 0.3 is 0 Å². The minimum absolute atomic E-state index is 0.0374. The van der Waals surface area contributed by atoms with Gasteiger partial charge in [0.25, 0.3) is 5.91 Å². The fourth-order valence-corrected chi connectivity index (χ4v) is 3.27. The molecule has 1 saturated heterocycles. The summed E-state index contributed by atoms with van der Waals surface area (Å²) in [5, 5.41) is 3.17. The second-order valence-electron chi connectivity index (χ2n) is 6.73. The Labute approximate surface area is 156 Å². The smallest absolute Gasteiger partial charge is 0.270 e. The molecule has 2 aromatic rings. The molecule has 1 fully saturated rings. The summed E-state index contributed by atoms with van der Waals surface area (Å²) in [6.45, 7) is 3.28. The van der Waals surface area contributed by atoms with Crippen molar-refractivity contribution in [1.29, 1.82) is 0 Å². The van der Waals surface area contributed by atoms with Crippen LogP contribution in [0.1, 0.15) is 29.5 Å². The molecule has 1 atom stereocenters.